The number of carbonyl (C=O) groups is 1. The molecule has 0 saturated carbocycles. The van der Waals surface area contributed by atoms with Gasteiger partial charge < -0.3 is 25.4 Å². The number of ether oxygens (including phenoxy) is 2. The van der Waals surface area contributed by atoms with Gasteiger partial charge in [0.25, 0.3) is 0 Å². The van der Waals surface area contributed by atoms with Crippen LogP contribution < -0.4 is 20.7 Å². The SMILES string of the molecule is C#Cc1c(F)ccc2cc(N)cc(-c3c(F)cc4c(N5CCCC6(CNC(=O)O6)C5)nc(OC[C@@]56CCCN5C[C@H](F)C6)nc4c3F)c12. The summed E-state index contributed by atoms with van der Waals surface area (Å²) in [6.07, 6.45) is 7.30. The van der Waals surface area contributed by atoms with Crippen LogP contribution in [-0.2, 0) is 4.74 Å². The number of alkyl carbamates (subject to hydrolysis) is 1. The molecular formula is C35H32F4N6O3. The van der Waals surface area contributed by atoms with E-state index in [1.165, 1.54) is 18.2 Å². The molecule has 48 heavy (non-hydrogen) atoms. The van der Waals surface area contributed by atoms with Crippen molar-refractivity contribution in [2.75, 3.05) is 50.0 Å². The average Bonchev–Trinajstić information content (AvgIpc) is 3.71. The Labute approximate surface area is 273 Å². The van der Waals surface area contributed by atoms with E-state index in [1.54, 1.807) is 6.07 Å². The third kappa shape index (κ3) is 4.84. The summed E-state index contributed by atoms with van der Waals surface area (Å²) in [6, 6.07) is 6.51. The minimum Gasteiger partial charge on any atom is -0.461 e. The number of nitrogens with zero attached hydrogens (tertiary/aromatic N) is 4. The van der Waals surface area contributed by atoms with E-state index in [1.807, 2.05) is 4.90 Å². The molecule has 3 aromatic carbocycles. The van der Waals surface area contributed by atoms with Crippen molar-refractivity contribution in [1.82, 2.24) is 20.2 Å². The van der Waals surface area contributed by atoms with E-state index in [9.17, 15) is 13.6 Å². The minimum absolute atomic E-state index is 0.0294. The van der Waals surface area contributed by atoms with Gasteiger partial charge >= 0.3 is 12.1 Å². The second kappa shape index (κ2) is 11.1. The summed E-state index contributed by atoms with van der Waals surface area (Å²) in [5.41, 5.74) is 4.06. The third-order valence-corrected chi connectivity index (χ3v) is 10.3. The Balaban J connectivity index is 1.30. The van der Waals surface area contributed by atoms with Gasteiger partial charge in [-0.1, -0.05) is 12.0 Å². The van der Waals surface area contributed by atoms with Gasteiger partial charge in [0.15, 0.2) is 5.82 Å². The third-order valence-electron chi connectivity index (χ3n) is 10.3. The number of terminal acetylenes is 1. The fourth-order valence-electron chi connectivity index (χ4n) is 8.17. The number of nitrogens with one attached hydrogen (secondary N) is 1. The van der Waals surface area contributed by atoms with E-state index in [0.717, 1.165) is 25.5 Å². The predicted molar refractivity (Wildman–Crippen MR) is 172 cm³/mol. The quantitative estimate of drug-likeness (QED) is 0.165. The van der Waals surface area contributed by atoms with Gasteiger partial charge in [0.05, 0.1) is 29.8 Å². The van der Waals surface area contributed by atoms with E-state index in [4.69, 9.17) is 21.6 Å². The van der Waals surface area contributed by atoms with Gasteiger partial charge in [0.1, 0.15) is 41.3 Å². The number of anilines is 2. The van der Waals surface area contributed by atoms with Crippen molar-refractivity contribution >= 4 is 39.3 Å². The molecule has 1 spiro atoms. The second-order valence-corrected chi connectivity index (χ2v) is 13.3. The normalized spacial score (nSPS) is 25.4. The van der Waals surface area contributed by atoms with Gasteiger partial charge in [-0.3, -0.25) is 4.90 Å². The Hall–Kier alpha value is -4.83. The standard InChI is InChI=1S/C35H32F4N6O3/c1-2-22-25(37)6-5-19-11-21(40)12-23(27(19)22)28-26(38)13-24-30(29(28)39)42-32(47-18-34-7-3-10-45(34)15-20(36)14-34)43-31(24)44-9-4-8-35(17-44)16-41-33(46)48-35/h1,5-6,11-13,20H,3-4,7-10,14-18,40H2,(H,41,46)/t20-,34+,35?/m1/s1. The van der Waals surface area contributed by atoms with Crippen LogP contribution >= 0.6 is 0 Å². The summed E-state index contributed by atoms with van der Waals surface area (Å²) < 4.78 is 74.5. The molecule has 1 unspecified atom stereocenters. The monoisotopic (exact) mass is 660 g/mol. The largest absolute Gasteiger partial charge is 0.461 e. The van der Waals surface area contributed by atoms with Crippen molar-refractivity contribution in [3.8, 4) is 29.5 Å². The zero-order chi connectivity index (χ0) is 33.4. The maximum Gasteiger partial charge on any atom is 0.407 e. The van der Waals surface area contributed by atoms with Crippen molar-refractivity contribution in [2.24, 2.45) is 0 Å². The number of piperidine rings is 1. The van der Waals surface area contributed by atoms with Crippen LogP contribution in [0, 0.1) is 29.8 Å². The first-order valence-electron chi connectivity index (χ1n) is 16.0. The van der Waals surface area contributed by atoms with Crippen molar-refractivity contribution in [3.63, 3.8) is 0 Å². The Morgan fingerprint density at radius 2 is 1.96 bits per heavy atom. The van der Waals surface area contributed by atoms with E-state index < -0.39 is 46.4 Å². The molecule has 0 aliphatic carbocycles. The van der Waals surface area contributed by atoms with Gasteiger partial charge in [0, 0.05) is 36.0 Å². The number of alkyl halides is 1. The molecule has 5 heterocycles. The van der Waals surface area contributed by atoms with E-state index in [0.29, 0.717) is 37.7 Å². The van der Waals surface area contributed by atoms with Crippen LogP contribution in [0.25, 0.3) is 32.8 Å². The van der Waals surface area contributed by atoms with Gasteiger partial charge in [-0.25, -0.2) is 22.4 Å². The molecule has 13 heteroatoms. The van der Waals surface area contributed by atoms with Gasteiger partial charge in [0.2, 0.25) is 0 Å². The lowest BCUT2D eigenvalue weighted by Crippen LogP contribution is -2.51. The summed E-state index contributed by atoms with van der Waals surface area (Å²) in [5.74, 6) is -0.208. The number of hydrogen-bond donors (Lipinski definition) is 2. The fourth-order valence-corrected chi connectivity index (χ4v) is 8.17. The van der Waals surface area contributed by atoms with Crippen LogP contribution in [0.4, 0.5) is 33.9 Å². The number of halogens is 4. The number of nitrogens with two attached hydrogens (primary N) is 1. The molecular weight excluding hydrogens is 628 g/mol. The maximum absolute atomic E-state index is 17.0. The first-order chi connectivity index (χ1) is 23.1. The number of fused-ring (bicyclic) bond motifs is 3. The molecule has 1 aromatic heterocycles. The van der Waals surface area contributed by atoms with Gasteiger partial charge in [-0.15, -0.1) is 6.42 Å². The van der Waals surface area contributed by atoms with E-state index in [2.05, 4.69) is 26.1 Å². The van der Waals surface area contributed by atoms with Crippen LogP contribution in [-0.4, -0.2) is 77.6 Å². The van der Waals surface area contributed by atoms with E-state index in [-0.39, 0.29) is 64.6 Å². The van der Waals surface area contributed by atoms with Crippen molar-refractivity contribution < 1.29 is 31.8 Å². The molecule has 9 nitrogen and oxygen atoms in total. The molecule has 4 aliphatic rings. The molecule has 3 atom stereocenters. The smallest absolute Gasteiger partial charge is 0.407 e. The highest BCUT2D eigenvalue weighted by molar-refractivity contribution is 6.05. The summed E-state index contributed by atoms with van der Waals surface area (Å²) in [7, 11) is 0. The highest BCUT2D eigenvalue weighted by atomic mass is 19.1. The molecule has 4 saturated heterocycles. The Bertz CT molecular complexity index is 2060. The molecule has 248 valence electrons. The summed E-state index contributed by atoms with van der Waals surface area (Å²) >= 11 is 0. The number of hydrogen-bond acceptors (Lipinski definition) is 8. The zero-order valence-corrected chi connectivity index (χ0v) is 25.9. The van der Waals surface area contributed by atoms with Crippen molar-refractivity contribution in [3.05, 3.63) is 53.3 Å². The molecule has 4 aromatic rings. The molecule has 8 rings (SSSR count). The first kappa shape index (κ1) is 30.5. The molecule has 4 aliphatic heterocycles. The van der Waals surface area contributed by atoms with Crippen LogP contribution in [0.5, 0.6) is 6.01 Å². The number of carbonyl (C=O) groups excluding carboxylic acids is 1. The topological polar surface area (TPSA) is 106 Å². The Morgan fingerprint density at radius 1 is 1.12 bits per heavy atom. The Kier molecular flexibility index (Phi) is 7.07. The van der Waals surface area contributed by atoms with Crippen LogP contribution in [0.2, 0.25) is 0 Å². The minimum atomic E-state index is -1.04. The molecule has 0 radical (unpaired) electrons. The van der Waals surface area contributed by atoms with Crippen molar-refractivity contribution in [2.45, 2.75) is 49.4 Å². The van der Waals surface area contributed by atoms with Crippen LogP contribution in [0.1, 0.15) is 37.7 Å². The lowest BCUT2D eigenvalue weighted by molar-refractivity contribution is 0.0445. The first-order valence-corrected chi connectivity index (χ1v) is 16.0. The average molecular weight is 661 g/mol. The highest BCUT2D eigenvalue weighted by Crippen LogP contribution is 2.43. The summed E-state index contributed by atoms with van der Waals surface area (Å²) in [6.45, 7) is 2.12. The fraction of sp³-hybridized carbons (Fsp3) is 0.400. The second-order valence-electron chi connectivity index (χ2n) is 13.3. The van der Waals surface area contributed by atoms with E-state index >= 15 is 8.78 Å². The van der Waals surface area contributed by atoms with Gasteiger partial charge in [-0.05, 0) is 67.4 Å². The highest BCUT2D eigenvalue weighted by Gasteiger charge is 2.49. The zero-order valence-electron chi connectivity index (χ0n) is 25.9. The molecule has 4 fully saturated rings. The number of amides is 1. The Morgan fingerprint density at radius 3 is 2.75 bits per heavy atom. The number of benzene rings is 3. The summed E-state index contributed by atoms with van der Waals surface area (Å²) in [5, 5.41) is 3.31. The molecule has 3 N–H and O–H groups in total. The van der Waals surface area contributed by atoms with Crippen LogP contribution in [0.15, 0.2) is 30.3 Å². The lowest BCUT2D eigenvalue weighted by atomic mass is 9.91. The van der Waals surface area contributed by atoms with Crippen molar-refractivity contribution in [1.29, 1.82) is 0 Å². The molecule has 1 amide bonds. The molecule has 0 bridgehead atoms. The summed E-state index contributed by atoms with van der Waals surface area (Å²) in [4.78, 5) is 25.0. The number of aromatic nitrogens is 2. The van der Waals surface area contributed by atoms with Crippen LogP contribution in [0.3, 0.4) is 0 Å². The lowest BCUT2D eigenvalue weighted by Gasteiger charge is -2.39. The number of nitrogen functional groups attached to an aromatic ring is 1. The van der Waals surface area contributed by atoms with Gasteiger partial charge in [-0.2, -0.15) is 9.97 Å². The maximum atomic E-state index is 17.0. The number of rotatable bonds is 5. The predicted octanol–water partition coefficient (Wildman–Crippen LogP) is 5.46.